The maximum Gasteiger partial charge on any atom is 0.251 e. The molecule has 1 saturated heterocycles. The molecule has 1 aliphatic carbocycles. The molecule has 0 aromatic heterocycles. The quantitative estimate of drug-likeness (QED) is 0.624. The smallest absolute Gasteiger partial charge is 0.251 e. The molecule has 0 radical (unpaired) electrons. The number of hydrogen-bond acceptors (Lipinski definition) is 5. The van der Waals surface area contributed by atoms with Crippen molar-refractivity contribution >= 4 is 17.7 Å². The SMILES string of the molecule is NC(=O)C1CC(OCC2CC2)CN1C(=O)CNC(=O)c1ccc(Oc2ccccc2)cc1. The fraction of sp³-hybridized carbons (Fsp3) is 0.375. The lowest BCUT2D eigenvalue weighted by atomic mass is 10.2. The van der Waals surface area contributed by atoms with Crippen molar-refractivity contribution in [1.82, 2.24) is 10.2 Å². The van der Waals surface area contributed by atoms with Gasteiger partial charge in [-0.2, -0.15) is 0 Å². The maximum absolute atomic E-state index is 12.7. The second-order valence-corrected chi connectivity index (χ2v) is 8.22. The summed E-state index contributed by atoms with van der Waals surface area (Å²) < 4.78 is 11.5. The van der Waals surface area contributed by atoms with Crippen LogP contribution in [0.25, 0.3) is 0 Å². The molecule has 2 aromatic rings. The Morgan fingerprint density at radius 2 is 1.69 bits per heavy atom. The minimum absolute atomic E-state index is 0.204. The fourth-order valence-electron chi connectivity index (χ4n) is 3.68. The third-order valence-corrected chi connectivity index (χ3v) is 5.67. The highest BCUT2D eigenvalue weighted by Gasteiger charge is 2.39. The highest BCUT2D eigenvalue weighted by atomic mass is 16.5. The number of nitrogens with one attached hydrogen (secondary N) is 1. The van der Waals surface area contributed by atoms with Gasteiger partial charge in [-0.1, -0.05) is 18.2 Å². The van der Waals surface area contributed by atoms with Crippen molar-refractivity contribution in [3.8, 4) is 11.5 Å². The highest BCUT2D eigenvalue weighted by molar-refractivity contribution is 5.97. The number of likely N-dealkylation sites (tertiary alicyclic amines) is 1. The molecule has 2 fully saturated rings. The molecule has 2 atom stereocenters. The van der Waals surface area contributed by atoms with Gasteiger partial charge in [0.25, 0.3) is 5.91 Å². The van der Waals surface area contributed by atoms with Gasteiger partial charge < -0.3 is 25.4 Å². The molecule has 3 N–H and O–H groups in total. The van der Waals surface area contributed by atoms with Crippen molar-refractivity contribution in [2.75, 3.05) is 19.7 Å². The van der Waals surface area contributed by atoms with E-state index in [1.807, 2.05) is 30.3 Å². The summed E-state index contributed by atoms with van der Waals surface area (Å²) in [6.07, 6.45) is 2.52. The van der Waals surface area contributed by atoms with Gasteiger partial charge in [0.05, 0.1) is 12.6 Å². The summed E-state index contributed by atoms with van der Waals surface area (Å²) in [5.41, 5.74) is 5.88. The van der Waals surface area contributed by atoms with Crippen LogP contribution in [-0.4, -0.2) is 54.5 Å². The molecule has 8 heteroatoms. The van der Waals surface area contributed by atoms with Crippen LogP contribution in [0, 0.1) is 5.92 Å². The summed E-state index contributed by atoms with van der Waals surface area (Å²) in [4.78, 5) is 38.4. The van der Waals surface area contributed by atoms with Gasteiger partial charge in [0.2, 0.25) is 11.8 Å². The molecule has 0 spiro atoms. The first kappa shape index (κ1) is 21.8. The topological polar surface area (TPSA) is 111 Å². The minimum Gasteiger partial charge on any atom is -0.457 e. The van der Waals surface area contributed by atoms with Crippen LogP contribution in [0.1, 0.15) is 29.6 Å². The van der Waals surface area contributed by atoms with Gasteiger partial charge in [-0.05, 0) is 55.2 Å². The van der Waals surface area contributed by atoms with Crippen molar-refractivity contribution in [1.29, 1.82) is 0 Å². The Hall–Kier alpha value is -3.39. The Bertz CT molecular complexity index is 959. The van der Waals surface area contributed by atoms with Crippen LogP contribution in [-0.2, 0) is 14.3 Å². The van der Waals surface area contributed by atoms with Crippen LogP contribution in [0.3, 0.4) is 0 Å². The zero-order valence-corrected chi connectivity index (χ0v) is 17.7. The van der Waals surface area contributed by atoms with Crippen LogP contribution < -0.4 is 15.8 Å². The summed E-state index contributed by atoms with van der Waals surface area (Å²) in [5.74, 6) is 0.586. The molecule has 2 unspecified atom stereocenters. The van der Waals surface area contributed by atoms with Gasteiger partial charge in [0.15, 0.2) is 0 Å². The van der Waals surface area contributed by atoms with E-state index in [0.717, 1.165) is 0 Å². The van der Waals surface area contributed by atoms with Crippen molar-refractivity contribution in [2.24, 2.45) is 11.7 Å². The van der Waals surface area contributed by atoms with Gasteiger partial charge in [-0.25, -0.2) is 0 Å². The molecule has 2 aliphatic rings. The Morgan fingerprint density at radius 3 is 2.34 bits per heavy atom. The maximum atomic E-state index is 12.7. The molecule has 4 rings (SSSR count). The molecule has 3 amide bonds. The van der Waals surface area contributed by atoms with E-state index in [0.29, 0.717) is 42.6 Å². The number of carbonyl (C=O) groups is 3. The number of nitrogens with zero attached hydrogens (tertiary/aromatic N) is 1. The van der Waals surface area contributed by atoms with E-state index in [1.54, 1.807) is 24.3 Å². The summed E-state index contributed by atoms with van der Waals surface area (Å²) >= 11 is 0. The van der Waals surface area contributed by atoms with Gasteiger partial charge in [-0.3, -0.25) is 14.4 Å². The van der Waals surface area contributed by atoms with E-state index >= 15 is 0 Å². The van der Waals surface area contributed by atoms with E-state index < -0.39 is 11.9 Å². The molecule has 0 bridgehead atoms. The fourth-order valence-corrected chi connectivity index (χ4v) is 3.68. The number of para-hydroxylation sites is 1. The molecule has 1 heterocycles. The Kier molecular flexibility index (Phi) is 6.70. The monoisotopic (exact) mass is 437 g/mol. The lowest BCUT2D eigenvalue weighted by Crippen LogP contribution is -2.47. The Morgan fingerprint density at radius 1 is 1.00 bits per heavy atom. The van der Waals surface area contributed by atoms with Crippen LogP contribution in [0.15, 0.2) is 54.6 Å². The second kappa shape index (κ2) is 9.82. The average Bonchev–Trinajstić information content (AvgIpc) is 3.53. The zero-order chi connectivity index (χ0) is 22.5. The molecular formula is C24H27N3O5. The van der Waals surface area contributed by atoms with Gasteiger partial charge in [0, 0.05) is 25.1 Å². The molecular weight excluding hydrogens is 410 g/mol. The summed E-state index contributed by atoms with van der Waals surface area (Å²) in [6, 6.07) is 15.2. The van der Waals surface area contributed by atoms with Gasteiger partial charge >= 0.3 is 0 Å². The molecule has 1 saturated carbocycles. The molecule has 32 heavy (non-hydrogen) atoms. The molecule has 2 aromatic carbocycles. The Balaban J connectivity index is 1.28. The summed E-state index contributed by atoms with van der Waals surface area (Å²) in [7, 11) is 0. The Labute approximate surface area is 186 Å². The predicted octanol–water partition coefficient (Wildman–Crippen LogP) is 2.09. The second-order valence-electron chi connectivity index (χ2n) is 8.22. The number of nitrogens with two attached hydrogens (primary N) is 1. The number of primary amides is 1. The van der Waals surface area contributed by atoms with Crippen molar-refractivity contribution < 1.29 is 23.9 Å². The number of hydrogen-bond donors (Lipinski definition) is 2. The van der Waals surface area contributed by atoms with Gasteiger partial charge in [0.1, 0.15) is 17.5 Å². The lowest BCUT2D eigenvalue weighted by Gasteiger charge is -2.22. The molecule has 8 nitrogen and oxygen atoms in total. The first-order valence-electron chi connectivity index (χ1n) is 10.8. The zero-order valence-electron chi connectivity index (χ0n) is 17.7. The summed E-state index contributed by atoms with van der Waals surface area (Å²) in [5, 5.41) is 2.62. The normalized spacial score (nSPS) is 20.1. The third kappa shape index (κ3) is 5.64. The lowest BCUT2D eigenvalue weighted by molar-refractivity contribution is -0.136. The molecule has 1 aliphatic heterocycles. The van der Waals surface area contributed by atoms with Crippen LogP contribution in [0.4, 0.5) is 0 Å². The van der Waals surface area contributed by atoms with E-state index in [2.05, 4.69) is 5.32 Å². The number of carbonyl (C=O) groups excluding carboxylic acids is 3. The van der Waals surface area contributed by atoms with Crippen molar-refractivity contribution in [3.05, 3.63) is 60.2 Å². The van der Waals surface area contributed by atoms with Crippen molar-refractivity contribution in [2.45, 2.75) is 31.4 Å². The number of amides is 3. The average molecular weight is 437 g/mol. The van der Waals surface area contributed by atoms with Gasteiger partial charge in [-0.15, -0.1) is 0 Å². The summed E-state index contributed by atoms with van der Waals surface area (Å²) in [6.45, 7) is 0.736. The predicted molar refractivity (Wildman–Crippen MR) is 117 cm³/mol. The van der Waals surface area contributed by atoms with E-state index in [4.69, 9.17) is 15.2 Å². The van der Waals surface area contributed by atoms with E-state index in [1.165, 1.54) is 17.7 Å². The molecule has 168 valence electrons. The minimum atomic E-state index is -0.710. The van der Waals surface area contributed by atoms with E-state index in [-0.39, 0.29) is 24.5 Å². The third-order valence-electron chi connectivity index (χ3n) is 5.67. The number of benzene rings is 2. The highest BCUT2D eigenvalue weighted by Crippen LogP contribution is 2.30. The van der Waals surface area contributed by atoms with Crippen LogP contribution >= 0.6 is 0 Å². The standard InChI is InChI=1S/C24H27N3O5/c25-23(29)21-12-20(31-15-16-6-7-16)14-27(21)22(28)13-26-24(30)17-8-10-19(11-9-17)32-18-4-2-1-3-5-18/h1-5,8-11,16,20-21H,6-7,12-15H2,(H2,25,29)(H,26,30). The first-order valence-corrected chi connectivity index (χ1v) is 10.8. The number of rotatable bonds is 9. The van der Waals surface area contributed by atoms with Crippen LogP contribution in [0.2, 0.25) is 0 Å². The van der Waals surface area contributed by atoms with E-state index in [9.17, 15) is 14.4 Å². The van der Waals surface area contributed by atoms with Crippen LogP contribution in [0.5, 0.6) is 11.5 Å². The number of ether oxygens (including phenoxy) is 2. The largest absolute Gasteiger partial charge is 0.457 e. The van der Waals surface area contributed by atoms with Crippen molar-refractivity contribution in [3.63, 3.8) is 0 Å². The first-order chi connectivity index (χ1) is 15.5.